The highest BCUT2D eigenvalue weighted by Gasteiger charge is 2.23. The number of pyridine rings is 1. The topological polar surface area (TPSA) is 62.7 Å². The first kappa shape index (κ1) is 13.6. The van der Waals surface area contributed by atoms with Crippen molar-refractivity contribution in [3.8, 4) is 5.75 Å². The van der Waals surface area contributed by atoms with E-state index in [9.17, 15) is 9.18 Å². The maximum Gasteiger partial charge on any atom is 0.407 e. The molecule has 1 aromatic heterocycles. The molecule has 0 aliphatic carbocycles. The fraction of sp³-hybridized carbons (Fsp3) is 0.333. The molecule has 0 atom stereocenters. The molecule has 1 fully saturated rings. The minimum Gasteiger partial charge on any atom is -0.490 e. The molecule has 110 valence electrons. The van der Waals surface area contributed by atoms with E-state index in [1.165, 1.54) is 17.0 Å². The van der Waals surface area contributed by atoms with Crippen molar-refractivity contribution in [1.82, 2.24) is 9.88 Å². The van der Waals surface area contributed by atoms with Crippen LogP contribution in [0, 0.1) is 5.82 Å². The first-order valence-corrected chi connectivity index (χ1v) is 6.82. The molecule has 0 saturated carbocycles. The number of carboxylic acid groups (broad SMARTS) is 1. The van der Waals surface area contributed by atoms with E-state index in [1.807, 2.05) is 0 Å². The van der Waals surface area contributed by atoms with Gasteiger partial charge in [-0.05, 0) is 24.3 Å². The van der Waals surface area contributed by atoms with E-state index >= 15 is 0 Å². The van der Waals surface area contributed by atoms with Gasteiger partial charge in [0.1, 0.15) is 17.7 Å². The van der Waals surface area contributed by atoms with Gasteiger partial charge in [0, 0.05) is 37.5 Å². The molecule has 0 spiro atoms. The Bertz CT molecular complexity index is 669. The number of piperidine rings is 1. The van der Waals surface area contributed by atoms with Gasteiger partial charge in [-0.1, -0.05) is 0 Å². The van der Waals surface area contributed by atoms with Crippen LogP contribution < -0.4 is 4.74 Å². The summed E-state index contributed by atoms with van der Waals surface area (Å²) in [7, 11) is 0. The molecular weight excluding hydrogens is 275 g/mol. The van der Waals surface area contributed by atoms with Crippen LogP contribution in [0.3, 0.4) is 0 Å². The molecule has 0 bridgehead atoms. The quantitative estimate of drug-likeness (QED) is 0.923. The third-order valence-corrected chi connectivity index (χ3v) is 3.67. The van der Waals surface area contributed by atoms with Crippen molar-refractivity contribution in [3.05, 3.63) is 36.3 Å². The van der Waals surface area contributed by atoms with Gasteiger partial charge in [-0.2, -0.15) is 0 Å². The van der Waals surface area contributed by atoms with Crippen molar-refractivity contribution in [2.45, 2.75) is 18.9 Å². The molecule has 5 nitrogen and oxygen atoms in total. The number of ether oxygens (including phenoxy) is 1. The molecule has 21 heavy (non-hydrogen) atoms. The number of rotatable bonds is 2. The van der Waals surface area contributed by atoms with Gasteiger partial charge in [0.2, 0.25) is 0 Å². The van der Waals surface area contributed by atoms with E-state index in [-0.39, 0.29) is 11.9 Å². The predicted molar refractivity (Wildman–Crippen MR) is 74.9 cm³/mol. The molecule has 1 saturated heterocycles. The third kappa shape index (κ3) is 2.89. The SMILES string of the molecule is O=C(O)N1CCC(Oc2ccnc3ccc(F)cc23)CC1. The monoisotopic (exact) mass is 290 g/mol. The number of benzene rings is 1. The number of nitrogens with zero attached hydrogens (tertiary/aromatic N) is 2. The largest absolute Gasteiger partial charge is 0.490 e. The van der Waals surface area contributed by atoms with Crippen molar-refractivity contribution in [3.63, 3.8) is 0 Å². The number of fused-ring (bicyclic) bond motifs is 1. The molecule has 0 radical (unpaired) electrons. The molecule has 3 rings (SSSR count). The predicted octanol–water partition coefficient (Wildman–Crippen LogP) is 2.90. The summed E-state index contributed by atoms with van der Waals surface area (Å²) in [5.74, 6) is 0.259. The number of hydrogen-bond acceptors (Lipinski definition) is 3. The lowest BCUT2D eigenvalue weighted by molar-refractivity contribution is 0.0902. The molecule has 0 unspecified atom stereocenters. The minimum absolute atomic E-state index is 0.0607. The number of carbonyl (C=O) groups is 1. The highest BCUT2D eigenvalue weighted by atomic mass is 19.1. The van der Waals surface area contributed by atoms with Crippen LogP contribution in [0.1, 0.15) is 12.8 Å². The Morgan fingerprint density at radius 3 is 2.81 bits per heavy atom. The molecule has 1 amide bonds. The van der Waals surface area contributed by atoms with Crippen molar-refractivity contribution in [1.29, 1.82) is 0 Å². The zero-order valence-corrected chi connectivity index (χ0v) is 11.3. The molecule has 6 heteroatoms. The minimum atomic E-state index is -0.898. The van der Waals surface area contributed by atoms with Crippen molar-refractivity contribution < 1.29 is 19.0 Å². The first-order chi connectivity index (χ1) is 10.1. The second-order valence-electron chi connectivity index (χ2n) is 5.06. The number of halogens is 1. The average molecular weight is 290 g/mol. The number of hydrogen-bond donors (Lipinski definition) is 1. The van der Waals surface area contributed by atoms with Crippen molar-refractivity contribution >= 4 is 17.0 Å². The van der Waals surface area contributed by atoms with E-state index < -0.39 is 6.09 Å². The standard InChI is InChI=1S/C15H15FN2O3/c16-10-1-2-13-12(9-10)14(3-6-17-13)21-11-4-7-18(8-5-11)15(19)20/h1-3,6,9,11H,4-5,7-8H2,(H,19,20). The lowest BCUT2D eigenvalue weighted by Crippen LogP contribution is -2.41. The van der Waals surface area contributed by atoms with Gasteiger partial charge in [0.15, 0.2) is 0 Å². The fourth-order valence-electron chi connectivity index (χ4n) is 2.54. The van der Waals surface area contributed by atoms with Gasteiger partial charge in [-0.25, -0.2) is 9.18 Å². The van der Waals surface area contributed by atoms with Crippen LogP contribution in [-0.4, -0.2) is 40.3 Å². The Morgan fingerprint density at radius 1 is 1.33 bits per heavy atom. The Morgan fingerprint density at radius 2 is 2.10 bits per heavy atom. The summed E-state index contributed by atoms with van der Waals surface area (Å²) in [6.07, 6.45) is 1.93. The second-order valence-corrected chi connectivity index (χ2v) is 5.06. The van der Waals surface area contributed by atoms with Crippen LogP contribution in [0.4, 0.5) is 9.18 Å². The summed E-state index contributed by atoms with van der Waals surface area (Å²) >= 11 is 0. The van der Waals surface area contributed by atoms with E-state index in [0.29, 0.717) is 42.6 Å². The maximum absolute atomic E-state index is 13.4. The maximum atomic E-state index is 13.4. The summed E-state index contributed by atoms with van der Waals surface area (Å²) in [6.45, 7) is 0.911. The summed E-state index contributed by atoms with van der Waals surface area (Å²) in [6, 6.07) is 6.10. The second kappa shape index (κ2) is 5.55. The van der Waals surface area contributed by atoms with Crippen LogP contribution >= 0.6 is 0 Å². The molecule has 2 aromatic rings. The number of likely N-dealkylation sites (tertiary alicyclic amines) is 1. The zero-order chi connectivity index (χ0) is 14.8. The third-order valence-electron chi connectivity index (χ3n) is 3.67. The van der Waals surface area contributed by atoms with Crippen LogP contribution in [0.15, 0.2) is 30.5 Å². The van der Waals surface area contributed by atoms with Crippen LogP contribution in [-0.2, 0) is 0 Å². The normalized spacial score (nSPS) is 16.1. The van der Waals surface area contributed by atoms with Crippen LogP contribution in [0.25, 0.3) is 10.9 Å². The zero-order valence-electron chi connectivity index (χ0n) is 11.3. The van der Waals surface area contributed by atoms with Crippen molar-refractivity contribution in [2.75, 3.05) is 13.1 Å². The van der Waals surface area contributed by atoms with Crippen molar-refractivity contribution in [2.24, 2.45) is 0 Å². The highest BCUT2D eigenvalue weighted by molar-refractivity contribution is 5.84. The first-order valence-electron chi connectivity index (χ1n) is 6.82. The molecule has 2 heterocycles. The fourth-order valence-corrected chi connectivity index (χ4v) is 2.54. The van der Waals surface area contributed by atoms with Gasteiger partial charge < -0.3 is 14.7 Å². The molecular formula is C15H15FN2O3. The van der Waals surface area contributed by atoms with E-state index in [1.54, 1.807) is 18.3 Å². The van der Waals surface area contributed by atoms with Gasteiger partial charge in [0.25, 0.3) is 0 Å². The molecule has 1 aliphatic heterocycles. The average Bonchev–Trinajstić information content (AvgIpc) is 2.48. The van der Waals surface area contributed by atoms with E-state index in [4.69, 9.17) is 9.84 Å². The molecule has 1 aromatic carbocycles. The Labute approximate surface area is 121 Å². The smallest absolute Gasteiger partial charge is 0.407 e. The van der Waals surface area contributed by atoms with Gasteiger partial charge in [-0.3, -0.25) is 4.98 Å². The van der Waals surface area contributed by atoms with Gasteiger partial charge >= 0.3 is 6.09 Å². The number of amides is 1. The molecule has 1 aliphatic rings. The lowest BCUT2D eigenvalue weighted by Gasteiger charge is -2.30. The van der Waals surface area contributed by atoms with Gasteiger partial charge in [0.05, 0.1) is 5.52 Å². The van der Waals surface area contributed by atoms with Gasteiger partial charge in [-0.15, -0.1) is 0 Å². The summed E-state index contributed by atoms with van der Waals surface area (Å²) in [4.78, 5) is 16.4. The Balaban J connectivity index is 1.77. The summed E-state index contributed by atoms with van der Waals surface area (Å²) in [5, 5.41) is 9.56. The molecule has 1 N–H and O–H groups in total. The summed E-state index contributed by atoms with van der Waals surface area (Å²) < 4.78 is 19.3. The highest BCUT2D eigenvalue weighted by Crippen LogP contribution is 2.27. The van der Waals surface area contributed by atoms with Crippen LogP contribution in [0.2, 0.25) is 0 Å². The Kier molecular flexibility index (Phi) is 3.60. The summed E-state index contributed by atoms with van der Waals surface area (Å²) in [5.41, 5.74) is 0.678. The number of aromatic nitrogens is 1. The van der Waals surface area contributed by atoms with E-state index in [2.05, 4.69) is 4.98 Å². The lowest BCUT2D eigenvalue weighted by atomic mass is 10.1. The van der Waals surface area contributed by atoms with Crippen LogP contribution in [0.5, 0.6) is 5.75 Å². The van der Waals surface area contributed by atoms with E-state index in [0.717, 1.165) is 0 Å². The Hall–Kier alpha value is -2.37.